The molecule has 0 spiro atoms. The van der Waals surface area contributed by atoms with Crippen molar-refractivity contribution >= 4 is 16.8 Å². The van der Waals surface area contributed by atoms with Crippen molar-refractivity contribution in [2.75, 3.05) is 0 Å². The van der Waals surface area contributed by atoms with Gasteiger partial charge in [0.2, 0.25) is 12.3 Å². The van der Waals surface area contributed by atoms with Crippen LogP contribution in [0.2, 0.25) is 0 Å². The fourth-order valence-electron chi connectivity index (χ4n) is 4.24. The Kier molecular flexibility index (Phi) is 4.63. The number of nitrogens with zero attached hydrogens (tertiary/aromatic N) is 3. The van der Waals surface area contributed by atoms with Gasteiger partial charge in [0.05, 0.1) is 16.8 Å². The molecule has 4 aromatic rings. The van der Waals surface area contributed by atoms with Crippen molar-refractivity contribution in [3.8, 4) is 5.75 Å². The SMILES string of the molecule is Cc1cc(COc2ccc([C@]3(c4ncon4)C[C@@H]3C(=O)NO)cc2)c2ccccc2n1. The zero-order valence-electron chi connectivity index (χ0n) is 16.8. The van der Waals surface area contributed by atoms with E-state index in [4.69, 9.17) is 14.5 Å². The number of hydrogen-bond donors (Lipinski definition) is 2. The monoisotopic (exact) mass is 416 g/mol. The second-order valence-corrected chi connectivity index (χ2v) is 7.71. The number of nitrogens with one attached hydrogen (secondary N) is 1. The summed E-state index contributed by atoms with van der Waals surface area (Å²) in [4.78, 5) is 20.8. The maximum Gasteiger partial charge on any atom is 0.247 e. The summed E-state index contributed by atoms with van der Waals surface area (Å²) in [6.07, 6.45) is 1.73. The molecule has 31 heavy (non-hydrogen) atoms. The molecule has 156 valence electrons. The highest BCUT2D eigenvalue weighted by Crippen LogP contribution is 2.58. The van der Waals surface area contributed by atoms with E-state index in [2.05, 4.69) is 15.1 Å². The number of carbonyl (C=O) groups excluding carboxylic acids is 1. The molecule has 2 N–H and O–H groups in total. The molecule has 0 radical (unpaired) electrons. The largest absolute Gasteiger partial charge is 0.489 e. The van der Waals surface area contributed by atoms with Crippen LogP contribution in [-0.4, -0.2) is 26.2 Å². The maximum atomic E-state index is 12.0. The van der Waals surface area contributed by atoms with E-state index in [1.807, 2.05) is 61.5 Å². The van der Waals surface area contributed by atoms with Crippen molar-refractivity contribution in [3.63, 3.8) is 0 Å². The Labute approximate surface area is 177 Å². The van der Waals surface area contributed by atoms with Crippen molar-refractivity contribution in [2.24, 2.45) is 5.92 Å². The minimum Gasteiger partial charge on any atom is -0.489 e. The minimum absolute atomic E-state index is 0.411. The van der Waals surface area contributed by atoms with Gasteiger partial charge in [0.15, 0.2) is 5.82 Å². The van der Waals surface area contributed by atoms with Crippen LogP contribution in [0.5, 0.6) is 5.75 Å². The summed E-state index contributed by atoms with van der Waals surface area (Å²) in [5, 5.41) is 14.1. The number of aryl methyl sites for hydroxylation is 1. The zero-order valence-corrected chi connectivity index (χ0v) is 16.8. The molecular formula is C23H20N4O4. The van der Waals surface area contributed by atoms with Crippen molar-refractivity contribution in [1.29, 1.82) is 0 Å². The summed E-state index contributed by atoms with van der Waals surface area (Å²) in [6.45, 7) is 2.38. The number of rotatable bonds is 6. The van der Waals surface area contributed by atoms with E-state index in [0.29, 0.717) is 24.6 Å². The standard InChI is InChI=1S/C23H20N4O4/c1-14-10-15(18-4-2-3-5-20(18)25-14)12-30-17-8-6-16(7-9-17)23(22-24-13-31-27-22)11-19(23)21(28)26-29/h2-10,13,19,29H,11-12H2,1H3,(H,26,28)/t19-,23-/m1/s1. The molecule has 8 nitrogen and oxygen atoms in total. The Hall–Kier alpha value is -3.78. The summed E-state index contributed by atoms with van der Waals surface area (Å²) in [6, 6.07) is 17.5. The van der Waals surface area contributed by atoms with Crippen LogP contribution in [0.4, 0.5) is 0 Å². The first-order valence-corrected chi connectivity index (χ1v) is 9.91. The Balaban J connectivity index is 1.38. The van der Waals surface area contributed by atoms with E-state index in [9.17, 15) is 4.79 Å². The third-order valence-electron chi connectivity index (χ3n) is 5.84. The lowest BCUT2D eigenvalue weighted by atomic mass is 9.92. The van der Waals surface area contributed by atoms with Gasteiger partial charge in [-0.15, -0.1) is 0 Å². The summed E-state index contributed by atoms with van der Waals surface area (Å²) in [5.74, 6) is 0.195. The molecular weight excluding hydrogens is 396 g/mol. The Morgan fingerprint density at radius 1 is 1.26 bits per heavy atom. The van der Waals surface area contributed by atoms with E-state index in [1.165, 1.54) is 6.39 Å². The van der Waals surface area contributed by atoms with Crippen LogP contribution in [-0.2, 0) is 16.8 Å². The predicted molar refractivity (Wildman–Crippen MR) is 110 cm³/mol. The van der Waals surface area contributed by atoms with E-state index in [1.54, 1.807) is 5.48 Å². The van der Waals surface area contributed by atoms with Crippen LogP contribution in [0, 0.1) is 12.8 Å². The highest BCUT2D eigenvalue weighted by molar-refractivity contribution is 5.84. The number of hydroxylamine groups is 1. The van der Waals surface area contributed by atoms with Crippen molar-refractivity contribution in [2.45, 2.75) is 25.4 Å². The topological polar surface area (TPSA) is 110 Å². The van der Waals surface area contributed by atoms with Crippen LogP contribution < -0.4 is 10.2 Å². The van der Waals surface area contributed by atoms with Gasteiger partial charge >= 0.3 is 0 Å². The number of aromatic nitrogens is 3. The Bertz CT molecular complexity index is 1240. The van der Waals surface area contributed by atoms with Crippen LogP contribution in [0.3, 0.4) is 0 Å². The van der Waals surface area contributed by atoms with Gasteiger partial charge < -0.3 is 9.26 Å². The van der Waals surface area contributed by atoms with Gasteiger partial charge in [-0.1, -0.05) is 35.5 Å². The predicted octanol–water partition coefficient (Wildman–Crippen LogP) is 3.32. The molecule has 0 saturated heterocycles. The minimum atomic E-state index is -0.712. The molecule has 1 aliphatic carbocycles. The van der Waals surface area contributed by atoms with Gasteiger partial charge in [-0.2, -0.15) is 4.98 Å². The average molecular weight is 416 g/mol. The van der Waals surface area contributed by atoms with E-state index < -0.39 is 17.2 Å². The molecule has 2 heterocycles. The first kappa shape index (κ1) is 19.2. The highest BCUT2D eigenvalue weighted by Gasteiger charge is 2.63. The normalized spacial score (nSPS) is 19.9. The van der Waals surface area contributed by atoms with Gasteiger partial charge in [-0.25, -0.2) is 5.48 Å². The van der Waals surface area contributed by atoms with E-state index in [-0.39, 0.29) is 0 Å². The molecule has 0 aliphatic heterocycles. The Morgan fingerprint density at radius 2 is 2.06 bits per heavy atom. The number of para-hydroxylation sites is 1. The molecule has 1 fully saturated rings. The molecule has 1 aliphatic rings. The van der Waals surface area contributed by atoms with Crippen molar-refractivity contribution in [3.05, 3.63) is 83.6 Å². The van der Waals surface area contributed by atoms with Crippen LogP contribution in [0.25, 0.3) is 10.9 Å². The second kappa shape index (κ2) is 7.48. The average Bonchev–Trinajstić information content (AvgIpc) is 3.31. The molecule has 0 unspecified atom stereocenters. The third kappa shape index (κ3) is 3.30. The number of carbonyl (C=O) groups is 1. The van der Waals surface area contributed by atoms with Crippen LogP contribution in [0.15, 0.2) is 65.5 Å². The maximum absolute atomic E-state index is 12.0. The fraction of sp³-hybridized carbons (Fsp3) is 0.217. The molecule has 0 bridgehead atoms. The Morgan fingerprint density at radius 3 is 2.81 bits per heavy atom. The first-order valence-electron chi connectivity index (χ1n) is 9.91. The number of benzene rings is 2. The summed E-state index contributed by atoms with van der Waals surface area (Å²) in [5.41, 5.74) is 4.83. The quantitative estimate of drug-likeness (QED) is 0.366. The number of pyridine rings is 1. The summed E-state index contributed by atoms with van der Waals surface area (Å²) in [7, 11) is 0. The summed E-state index contributed by atoms with van der Waals surface area (Å²) >= 11 is 0. The lowest BCUT2D eigenvalue weighted by Crippen LogP contribution is -2.26. The van der Waals surface area contributed by atoms with Crippen LogP contribution >= 0.6 is 0 Å². The fourth-order valence-corrected chi connectivity index (χ4v) is 4.24. The third-order valence-corrected chi connectivity index (χ3v) is 5.84. The number of fused-ring (bicyclic) bond motifs is 1. The number of hydrogen-bond acceptors (Lipinski definition) is 7. The highest BCUT2D eigenvalue weighted by atomic mass is 16.5. The zero-order chi connectivity index (χ0) is 21.4. The van der Waals surface area contributed by atoms with Gasteiger partial charge in [0.1, 0.15) is 12.4 Å². The second-order valence-electron chi connectivity index (χ2n) is 7.71. The molecule has 2 aromatic carbocycles. The molecule has 2 aromatic heterocycles. The van der Waals surface area contributed by atoms with Gasteiger partial charge in [-0.3, -0.25) is 15.0 Å². The van der Waals surface area contributed by atoms with E-state index in [0.717, 1.165) is 27.7 Å². The van der Waals surface area contributed by atoms with Gasteiger partial charge in [-0.05, 0) is 43.2 Å². The van der Waals surface area contributed by atoms with Gasteiger partial charge in [0, 0.05) is 16.6 Å². The van der Waals surface area contributed by atoms with Gasteiger partial charge in [0.25, 0.3) is 0 Å². The van der Waals surface area contributed by atoms with Crippen LogP contribution in [0.1, 0.15) is 29.1 Å². The summed E-state index contributed by atoms with van der Waals surface area (Å²) < 4.78 is 10.9. The van der Waals surface area contributed by atoms with Crippen molar-refractivity contribution < 1.29 is 19.3 Å². The molecule has 2 atom stereocenters. The van der Waals surface area contributed by atoms with E-state index >= 15 is 0 Å². The smallest absolute Gasteiger partial charge is 0.247 e. The first-order chi connectivity index (χ1) is 15.1. The lowest BCUT2D eigenvalue weighted by Gasteiger charge is -2.15. The number of ether oxygens (including phenoxy) is 1. The molecule has 5 rings (SSSR count). The number of amides is 1. The molecule has 1 amide bonds. The molecule has 8 heteroatoms. The van der Waals surface area contributed by atoms with Crippen molar-refractivity contribution in [1.82, 2.24) is 20.6 Å². The lowest BCUT2D eigenvalue weighted by molar-refractivity contribution is -0.130. The molecule has 1 saturated carbocycles.